The maximum absolute atomic E-state index is 11.9. The van der Waals surface area contributed by atoms with Gasteiger partial charge in [0.15, 0.2) is 0 Å². The first kappa shape index (κ1) is 17.8. The summed E-state index contributed by atoms with van der Waals surface area (Å²) in [5.74, 6) is 2.06. The van der Waals surface area contributed by atoms with Gasteiger partial charge in [-0.15, -0.1) is 0 Å². The highest BCUT2D eigenvalue weighted by molar-refractivity contribution is 6.07. The van der Waals surface area contributed by atoms with Crippen molar-refractivity contribution >= 4 is 17.8 Å². The van der Waals surface area contributed by atoms with Gasteiger partial charge in [-0.05, 0) is 17.7 Å². The minimum atomic E-state index is -1.56. The number of aromatic amines is 1. The Bertz CT molecular complexity index is 948. The lowest BCUT2D eigenvalue weighted by Gasteiger charge is -2.12. The number of aromatic carboxylic acids is 2. The lowest BCUT2D eigenvalue weighted by atomic mass is 9.95. The summed E-state index contributed by atoms with van der Waals surface area (Å²) in [6, 6.07) is 6.01. The molecule has 1 aromatic carbocycles. The topological polar surface area (TPSA) is 154 Å². The minimum absolute atomic E-state index is 0.0684. The highest BCUT2D eigenvalue weighted by Gasteiger charge is 2.26. The summed E-state index contributed by atoms with van der Waals surface area (Å²) in [7, 11) is 0. The quantitative estimate of drug-likeness (QED) is 0.514. The summed E-state index contributed by atoms with van der Waals surface area (Å²) >= 11 is 0. The van der Waals surface area contributed by atoms with Crippen LogP contribution >= 0.6 is 0 Å². The Labute approximate surface area is 141 Å². The molecule has 0 amide bonds. The first-order chi connectivity index (χ1) is 11.9. The number of nitrogens with two attached hydrogens (primary N) is 1. The van der Waals surface area contributed by atoms with E-state index in [0.29, 0.717) is 12.0 Å². The molecule has 1 aromatic heterocycles. The zero-order valence-electron chi connectivity index (χ0n) is 12.9. The van der Waals surface area contributed by atoms with Crippen LogP contribution in [0, 0.1) is 11.8 Å². The predicted molar refractivity (Wildman–Crippen MR) is 89.4 cm³/mol. The van der Waals surface area contributed by atoms with Gasteiger partial charge in [-0.1, -0.05) is 24.0 Å². The van der Waals surface area contributed by atoms with E-state index in [2.05, 4.69) is 11.8 Å². The Hall–Kier alpha value is -3.57. The van der Waals surface area contributed by atoms with E-state index in [9.17, 15) is 24.6 Å². The smallest absolute Gasteiger partial charge is 0.342 e. The number of aliphatic hydroxyl groups excluding tert-OH is 1. The van der Waals surface area contributed by atoms with Crippen LogP contribution < -0.4 is 11.3 Å². The summed E-state index contributed by atoms with van der Waals surface area (Å²) in [4.78, 5) is 36.9. The zero-order valence-corrected chi connectivity index (χ0v) is 12.9. The molecule has 0 aliphatic carbocycles. The lowest BCUT2D eigenvalue weighted by molar-refractivity contribution is 0.0695. The summed E-state index contributed by atoms with van der Waals surface area (Å²) in [5, 5.41) is 27.4. The molecule has 0 spiro atoms. The Balaban J connectivity index is 2.69. The van der Waals surface area contributed by atoms with E-state index in [1.807, 2.05) is 4.98 Å². The maximum Gasteiger partial charge on any atom is 0.342 e. The molecular formula is C17H14N2O6. The molecule has 0 saturated heterocycles. The largest absolute Gasteiger partial charge is 0.478 e. The van der Waals surface area contributed by atoms with Crippen LogP contribution in [0.5, 0.6) is 0 Å². The van der Waals surface area contributed by atoms with Gasteiger partial charge in [0.25, 0.3) is 5.56 Å². The van der Waals surface area contributed by atoms with Gasteiger partial charge < -0.3 is 26.0 Å². The van der Waals surface area contributed by atoms with Crippen molar-refractivity contribution in [3.63, 3.8) is 0 Å². The predicted octanol–water partition coefficient (Wildman–Crippen LogP) is 0.754. The van der Waals surface area contributed by atoms with Gasteiger partial charge in [-0.2, -0.15) is 0 Å². The number of nitrogen functional groups attached to an aromatic ring is 1. The molecule has 0 bridgehead atoms. The second kappa shape index (κ2) is 7.33. The van der Waals surface area contributed by atoms with Gasteiger partial charge in [0.1, 0.15) is 16.9 Å². The summed E-state index contributed by atoms with van der Waals surface area (Å²) < 4.78 is 0. The summed E-state index contributed by atoms with van der Waals surface area (Å²) in [6.07, 6.45) is 0.304. The number of H-pyrrole nitrogens is 1. The number of benzene rings is 1. The zero-order chi connectivity index (χ0) is 18.6. The minimum Gasteiger partial charge on any atom is -0.478 e. The number of carbonyl (C=O) groups is 2. The first-order valence-corrected chi connectivity index (χ1v) is 7.09. The molecule has 0 radical (unpaired) electrons. The second-order valence-corrected chi connectivity index (χ2v) is 4.96. The number of carboxylic acid groups (broad SMARTS) is 2. The highest BCUT2D eigenvalue weighted by Crippen LogP contribution is 2.29. The van der Waals surface area contributed by atoms with Crippen LogP contribution in [0.1, 0.15) is 32.7 Å². The SMILES string of the molecule is Nc1[nH]c(=O)c(C(=O)O)c(-c2ccc(C#CCCO)cc2)c1C(=O)O. The summed E-state index contributed by atoms with van der Waals surface area (Å²) in [6.45, 7) is -0.0684. The number of rotatable bonds is 4. The second-order valence-electron chi connectivity index (χ2n) is 4.96. The van der Waals surface area contributed by atoms with Crippen molar-refractivity contribution in [2.75, 3.05) is 12.3 Å². The van der Waals surface area contributed by atoms with Crippen molar-refractivity contribution in [1.82, 2.24) is 4.98 Å². The van der Waals surface area contributed by atoms with Crippen LogP contribution in [0.2, 0.25) is 0 Å². The number of pyridine rings is 1. The molecule has 8 nitrogen and oxygen atoms in total. The van der Waals surface area contributed by atoms with E-state index in [0.717, 1.165) is 0 Å². The first-order valence-electron chi connectivity index (χ1n) is 7.09. The number of nitrogens with one attached hydrogen (secondary N) is 1. The van der Waals surface area contributed by atoms with Gasteiger partial charge in [-0.25, -0.2) is 9.59 Å². The molecular weight excluding hydrogens is 328 g/mol. The van der Waals surface area contributed by atoms with E-state index < -0.39 is 34.4 Å². The van der Waals surface area contributed by atoms with Crippen LogP contribution in [0.25, 0.3) is 11.1 Å². The third kappa shape index (κ3) is 3.68. The van der Waals surface area contributed by atoms with E-state index in [-0.39, 0.29) is 17.7 Å². The van der Waals surface area contributed by atoms with Crippen LogP contribution in [0.4, 0.5) is 5.82 Å². The molecule has 2 aromatic rings. The Morgan fingerprint density at radius 2 is 1.68 bits per heavy atom. The van der Waals surface area contributed by atoms with Gasteiger partial charge >= 0.3 is 11.9 Å². The Morgan fingerprint density at radius 3 is 2.20 bits per heavy atom. The molecule has 0 saturated carbocycles. The van der Waals surface area contributed by atoms with Crippen LogP contribution in [-0.4, -0.2) is 38.8 Å². The molecule has 128 valence electrons. The number of hydrogen-bond donors (Lipinski definition) is 5. The van der Waals surface area contributed by atoms with Gasteiger partial charge in [0.2, 0.25) is 0 Å². The number of hydrogen-bond acceptors (Lipinski definition) is 5. The fourth-order valence-corrected chi connectivity index (χ4v) is 2.28. The lowest BCUT2D eigenvalue weighted by Crippen LogP contribution is -2.24. The molecule has 25 heavy (non-hydrogen) atoms. The highest BCUT2D eigenvalue weighted by atomic mass is 16.4. The van der Waals surface area contributed by atoms with Crippen molar-refractivity contribution in [3.8, 4) is 23.0 Å². The summed E-state index contributed by atoms with van der Waals surface area (Å²) in [5.41, 5.74) is 3.91. The van der Waals surface area contributed by atoms with Gasteiger partial charge in [0, 0.05) is 17.5 Å². The van der Waals surface area contributed by atoms with Crippen LogP contribution in [0.15, 0.2) is 29.1 Å². The third-order valence-corrected chi connectivity index (χ3v) is 3.32. The molecule has 0 aliphatic rings. The van der Waals surface area contributed by atoms with Crippen molar-refractivity contribution < 1.29 is 24.9 Å². The fourth-order valence-electron chi connectivity index (χ4n) is 2.28. The van der Waals surface area contributed by atoms with E-state index in [1.54, 1.807) is 12.1 Å². The monoisotopic (exact) mass is 342 g/mol. The van der Waals surface area contributed by atoms with E-state index in [1.165, 1.54) is 12.1 Å². The van der Waals surface area contributed by atoms with E-state index >= 15 is 0 Å². The maximum atomic E-state index is 11.9. The number of aromatic nitrogens is 1. The van der Waals surface area contributed by atoms with Gasteiger partial charge in [-0.3, -0.25) is 4.79 Å². The fraction of sp³-hybridized carbons (Fsp3) is 0.118. The molecule has 8 heteroatoms. The van der Waals surface area contributed by atoms with E-state index in [4.69, 9.17) is 10.8 Å². The van der Waals surface area contributed by atoms with Crippen LogP contribution in [0.3, 0.4) is 0 Å². The third-order valence-electron chi connectivity index (χ3n) is 3.32. The van der Waals surface area contributed by atoms with Crippen molar-refractivity contribution in [1.29, 1.82) is 0 Å². The van der Waals surface area contributed by atoms with Crippen molar-refractivity contribution in [2.45, 2.75) is 6.42 Å². The Morgan fingerprint density at radius 1 is 1.08 bits per heavy atom. The average Bonchev–Trinajstić information content (AvgIpc) is 2.54. The van der Waals surface area contributed by atoms with Crippen LogP contribution in [-0.2, 0) is 0 Å². The van der Waals surface area contributed by atoms with Crippen molar-refractivity contribution in [3.05, 3.63) is 51.3 Å². The molecule has 6 N–H and O–H groups in total. The number of carboxylic acids is 2. The normalized spacial score (nSPS) is 9.96. The molecule has 0 atom stereocenters. The van der Waals surface area contributed by atoms with Gasteiger partial charge in [0.05, 0.1) is 6.61 Å². The number of anilines is 1. The molecule has 0 unspecified atom stereocenters. The molecule has 0 fully saturated rings. The standard InChI is InChI=1S/C17H14N2O6/c18-14-12(16(22)23)11(13(17(24)25)15(21)19-14)10-6-4-9(5-7-10)3-1-2-8-20/h4-7,20H,2,8H2,(H,22,23)(H,24,25)(H3,18,19,21). The van der Waals surface area contributed by atoms with Crippen molar-refractivity contribution in [2.24, 2.45) is 0 Å². The molecule has 0 aliphatic heterocycles. The average molecular weight is 342 g/mol. The number of aliphatic hydroxyl groups is 1. The molecule has 2 rings (SSSR count). The Kier molecular flexibility index (Phi) is 5.22. The molecule has 1 heterocycles.